The van der Waals surface area contributed by atoms with Gasteiger partial charge in [0, 0.05) is 79.1 Å². The van der Waals surface area contributed by atoms with Crippen molar-refractivity contribution < 1.29 is 95.8 Å². The third-order valence-electron chi connectivity index (χ3n) is 15.8. The van der Waals surface area contributed by atoms with Gasteiger partial charge in [-0.2, -0.15) is 0 Å². The van der Waals surface area contributed by atoms with Gasteiger partial charge in [0.05, 0.1) is 54.6 Å². The molecule has 0 saturated carbocycles. The van der Waals surface area contributed by atoms with Crippen LogP contribution in [0.3, 0.4) is 0 Å². The maximum Gasteiger partial charge on any atom is 0.311 e. The molecule has 0 aromatic rings. The van der Waals surface area contributed by atoms with Crippen molar-refractivity contribution in [3.8, 4) is 0 Å². The van der Waals surface area contributed by atoms with Crippen LogP contribution in [-0.4, -0.2) is 170 Å². The number of methoxy groups -OCH3 is 3. The van der Waals surface area contributed by atoms with Crippen LogP contribution < -0.4 is 0 Å². The normalized spacial score (nSPS) is 44.7. The average molecular weight is 1030 g/mol. The summed E-state index contributed by atoms with van der Waals surface area (Å²) >= 11 is 0. The Kier molecular flexibility index (Phi) is 21.7. The molecule has 4 rings (SSSR count). The molecule has 0 aromatic heterocycles. The van der Waals surface area contributed by atoms with Gasteiger partial charge in [-0.3, -0.25) is 24.0 Å². The molecule has 2 N–H and O–H groups in total. The van der Waals surface area contributed by atoms with Crippen molar-refractivity contribution in [3.05, 3.63) is 0 Å². The number of ether oxygens (including phenoxy) is 13. The van der Waals surface area contributed by atoms with Gasteiger partial charge >= 0.3 is 23.9 Å². The molecule has 0 amide bonds. The summed E-state index contributed by atoms with van der Waals surface area (Å²) in [5.74, 6) is -8.42. The lowest BCUT2D eigenvalue weighted by atomic mass is 9.74. The van der Waals surface area contributed by atoms with Crippen molar-refractivity contribution in [1.82, 2.24) is 0 Å². The number of ketones is 1. The largest absolute Gasteiger partial charge is 0.461 e. The molecule has 4 heterocycles. The fraction of sp³-hybridized carbons (Fsp3) is 0.904. The third-order valence-corrected chi connectivity index (χ3v) is 15.8. The lowest BCUT2D eigenvalue weighted by molar-refractivity contribution is -0.313. The predicted molar refractivity (Wildman–Crippen MR) is 257 cm³/mol. The topological polar surface area (TPSA) is 246 Å². The van der Waals surface area contributed by atoms with Gasteiger partial charge in [-0.1, -0.05) is 34.6 Å². The van der Waals surface area contributed by atoms with Gasteiger partial charge in [0.15, 0.2) is 36.9 Å². The molecule has 20 nitrogen and oxygen atoms in total. The Balaban J connectivity index is 1.87. The number of aliphatic hydroxyl groups is 2. The van der Waals surface area contributed by atoms with Crippen LogP contribution >= 0.6 is 0 Å². The van der Waals surface area contributed by atoms with E-state index in [1.54, 1.807) is 76.2 Å². The van der Waals surface area contributed by atoms with Gasteiger partial charge in [0.2, 0.25) is 0 Å². The van der Waals surface area contributed by atoms with E-state index in [1.165, 1.54) is 49.0 Å². The molecule has 4 aliphatic rings. The zero-order valence-electron chi connectivity index (χ0n) is 46.2. The van der Waals surface area contributed by atoms with E-state index in [2.05, 4.69) is 0 Å². The van der Waals surface area contributed by atoms with Crippen molar-refractivity contribution >= 4 is 29.7 Å². The molecule has 72 heavy (non-hydrogen) atoms. The van der Waals surface area contributed by atoms with Crippen molar-refractivity contribution in [2.75, 3.05) is 21.3 Å². The maximum absolute atomic E-state index is 15.2. The Morgan fingerprint density at radius 2 is 1.18 bits per heavy atom. The summed E-state index contributed by atoms with van der Waals surface area (Å²) in [7, 11) is 4.49. The zero-order valence-corrected chi connectivity index (χ0v) is 46.2. The second kappa shape index (κ2) is 25.3. The smallest absolute Gasteiger partial charge is 0.311 e. The molecular weight excluding hydrogens is 945 g/mol. The number of carbonyl (C=O) groups is 5. The molecule has 4 fully saturated rings. The Hall–Kier alpha value is -2.89. The lowest BCUT2D eigenvalue weighted by Crippen LogP contribution is -2.59. The van der Waals surface area contributed by atoms with Crippen LogP contribution in [0.15, 0.2) is 0 Å². The number of carbonyl (C=O) groups excluding carboxylic acids is 5. The molecule has 24 atom stereocenters. The number of aliphatic hydroxyl groups excluding tert-OH is 1. The van der Waals surface area contributed by atoms with Crippen LogP contribution in [0.4, 0.5) is 0 Å². The monoisotopic (exact) mass is 1030 g/mol. The highest BCUT2D eigenvalue weighted by Gasteiger charge is 2.54. The van der Waals surface area contributed by atoms with E-state index in [0.717, 1.165) is 0 Å². The first-order valence-corrected chi connectivity index (χ1v) is 25.6. The first-order valence-electron chi connectivity index (χ1n) is 25.6. The average Bonchev–Trinajstić information content (AvgIpc) is 3.29. The highest BCUT2D eigenvalue weighted by atomic mass is 16.7. The molecule has 4 saturated heterocycles. The number of esters is 4. The van der Waals surface area contributed by atoms with Gasteiger partial charge < -0.3 is 71.8 Å². The van der Waals surface area contributed by atoms with E-state index in [9.17, 15) is 29.4 Å². The van der Waals surface area contributed by atoms with Gasteiger partial charge in [-0.25, -0.2) is 0 Å². The Bertz CT molecular complexity index is 1830. The summed E-state index contributed by atoms with van der Waals surface area (Å²) in [4.78, 5) is 67.3. The minimum Gasteiger partial charge on any atom is -0.461 e. The van der Waals surface area contributed by atoms with E-state index in [0.29, 0.717) is 6.42 Å². The van der Waals surface area contributed by atoms with Crippen LogP contribution in [0, 0.1) is 35.5 Å². The Morgan fingerprint density at radius 3 is 1.68 bits per heavy atom. The predicted octanol–water partition coefficient (Wildman–Crippen LogP) is 5.00. The van der Waals surface area contributed by atoms with Crippen LogP contribution in [0.2, 0.25) is 0 Å². The fourth-order valence-corrected chi connectivity index (χ4v) is 11.5. The molecule has 0 bridgehead atoms. The highest BCUT2D eigenvalue weighted by molar-refractivity contribution is 5.89. The second-order valence-corrected chi connectivity index (χ2v) is 21.9. The lowest BCUT2D eigenvalue weighted by Gasteiger charge is -2.48. The maximum atomic E-state index is 15.2. The van der Waals surface area contributed by atoms with Gasteiger partial charge in [-0.05, 0) is 67.7 Å². The molecule has 0 aliphatic carbocycles. The molecule has 0 radical (unpaired) electrons. The number of cyclic esters (lactones) is 1. The van der Waals surface area contributed by atoms with E-state index in [1.807, 2.05) is 6.92 Å². The third kappa shape index (κ3) is 14.5. The van der Waals surface area contributed by atoms with Crippen LogP contribution in [0.25, 0.3) is 0 Å². The van der Waals surface area contributed by atoms with E-state index in [4.69, 9.17) is 61.6 Å². The van der Waals surface area contributed by atoms with Gasteiger partial charge in [-0.15, -0.1) is 0 Å². The number of rotatable bonds is 14. The minimum absolute atomic E-state index is 0.0532. The zero-order chi connectivity index (χ0) is 54.5. The van der Waals surface area contributed by atoms with Crippen molar-refractivity contribution in [1.29, 1.82) is 0 Å². The number of Topliss-reactive ketones (excluding diaryl/α,β-unsaturated/α-hetero) is 1. The molecule has 0 aromatic carbocycles. The van der Waals surface area contributed by atoms with Crippen molar-refractivity contribution in [2.24, 2.45) is 35.5 Å². The number of hydrogen-bond donors (Lipinski definition) is 2. The first kappa shape index (κ1) is 61.7. The molecule has 24 unspecified atom stereocenters. The standard InChI is InChI=1S/C52H88O20/c1-24-21-50(14,59)45(57)29(6)43(67-34(11)53)28(5)42(26(3)31(8)64-38-22-51(15,61-18)46(32(9)65-38)68-35(12)54)71-48(58)30(7)44(27(4)41(24)72-49-40(56)37(60-17)20-25(2)63-49)70-39-23-52(16,62-19)47(33(10)66-39)69-36(13)55/h24-33,37-44,46-47,49,56,59H,20-23H2,1-19H3. The van der Waals surface area contributed by atoms with E-state index in [-0.39, 0.29) is 19.3 Å². The SMILES string of the molecule is COC1CC(C)OC(OC2C(C)CC(C)(O)C(=O)C(C)C(OC(C)=O)C(C)C(C(C)C(C)OC3CC(C)(OC)C(OC(C)=O)C(C)O3)OC(=O)C(C)C(OC3CC(C)(OC)C(OC(C)=O)C(C)O3)C2C)C1O. The highest BCUT2D eigenvalue weighted by Crippen LogP contribution is 2.42. The molecule has 20 heteroatoms. The van der Waals surface area contributed by atoms with Crippen LogP contribution in [-0.2, 0) is 85.6 Å². The van der Waals surface area contributed by atoms with E-state index >= 15 is 4.79 Å². The second-order valence-electron chi connectivity index (χ2n) is 21.9. The molecule has 4 aliphatic heterocycles. The Labute approximate surface area is 426 Å². The molecular formula is C52H88O20. The summed E-state index contributed by atoms with van der Waals surface area (Å²) in [6.45, 7) is 26.2. The molecule has 0 spiro atoms. The summed E-state index contributed by atoms with van der Waals surface area (Å²) in [6, 6.07) is 0. The summed E-state index contributed by atoms with van der Waals surface area (Å²) in [6.07, 6.45) is -13.2. The van der Waals surface area contributed by atoms with Crippen molar-refractivity contribution in [2.45, 2.75) is 245 Å². The van der Waals surface area contributed by atoms with Crippen molar-refractivity contribution in [3.63, 3.8) is 0 Å². The van der Waals surface area contributed by atoms with E-state index < -0.39 is 174 Å². The first-order chi connectivity index (χ1) is 33.3. The number of hydrogen-bond acceptors (Lipinski definition) is 20. The Morgan fingerprint density at radius 1 is 0.667 bits per heavy atom. The summed E-state index contributed by atoms with van der Waals surface area (Å²) in [5.41, 5.74) is -4.15. The quantitative estimate of drug-likeness (QED) is 0.172. The van der Waals surface area contributed by atoms with Gasteiger partial charge in [0.25, 0.3) is 0 Å². The summed E-state index contributed by atoms with van der Waals surface area (Å²) < 4.78 is 80.6. The fourth-order valence-electron chi connectivity index (χ4n) is 11.5. The van der Waals surface area contributed by atoms with Crippen LogP contribution in [0.5, 0.6) is 0 Å². The van der Waals surface area contributed by atoms with Gasteiger partial charge in [0.1, 0.15) is 35.1 Å². The summed E-state index contributed by atoms with van der Waals surface area (Å²) in [5, 5.41) is 23.9. The minimum atomic E-state index is -2.05. The molecule has 416 valence electrons. The van der Waals surface area contributed by atoms with Crippen LogP contribution in [0.1, 0.15) is 136 Å².